The maximum Gasteiger partial charge on any atom is 0.573 e. The Labute approximate surface area is 164 Å². The summed E-state index contributed by atoms with van der Waals surface area (Å²) in [7, 11) is 0. The van der Waals surface area contributed by atoms with Crippen LogP contribution in [0.1, 0.15) is 37.5 Å². The SMILES string of the molecule is CC(=O)N1C[C@@H]2C(n3cc(-c4cnc(N)c(OC(F)(F)F)c4)nc3C3CC3)[C@@H]2C1. The quantitative estimate of drug-likeness (QED) is 0.842. The van der Waals surface area contributed by atoms with E-state index in [0.29, 0.717) is 29.0 Å². The number of hydrogen-bond acceptors (Lipinski definition) is 5. The van der Waals surface area contributed by atoms with Gasteiger partial charge in [0.1, 0.15) is 5.82 Å². The van der Waals surface area contributed by atoms with Gasteiger partial charge in [-0.3, -0.25) is 4.79 Å². The summed E-state index contributed by atoms with van der Waals surface area (Å²) in [6.45, 7) is 3.07. The molecule has 1 aliphatic heterocycles. The standard InChI is InChI=1S/C19H20F3N5O2/c1-9(28)26-6-12-13(7-26)16(12)27-8-14(25-18(27)10-2-3-10)11-4-15(17(23)24-5-11)29-19(20,21)22/h4-5,8,10,12-13,16H,2-3,6-7H2,1H3,(H2,23,24)/t12-,13+,16?. The van der Waals surface area contributed by atoms with Gasteiger partial charge in [0.2, 0.25) is 5.91 Å². The Morgan fingerprint density at radius 1 is 1.28 bits per heavy atom. The molecule has 0 radical (unpaired) electrons. The molecule has 0 spiro atoms. The van der Waals surface area contributed by atoms with E-state index in [1.54, 1.807) is 6.92 Å². The number of piperidine rings is 1. The van der Waals surface area contributed by atoms with Gasteiger partial charge in [-0.25, -0.2) is 9.97 Å². The first-order chi connectivity index (χ1) is 13.7. The number of alkyl halides is 3. The number of hydrogen-bond donors (Lipinski definition) is 1. The molecule has 154 valence electrons. The second-order valence-corrected chi connectivity index (χ2v) is 8.06. The third-order valence-corrected chi connectivity index (χ3v) is 6.02. The molecule has 0 aromatic carbocycles. The summed E-state index contributed by atoms with van der Waals surface area (Å²) in [6, 6.07) is 1.51. The molecule has 1 saturated heterocycles. The molecule has 3 aliphatic rings. The molecule has 2 aromatic heterocycles. The summed E-state index contributed by atoms with van der Waals surface area (Å²) in [4.78, 5) is 22.0. The number of halogens is 3. The van der Waals surface area contributed by atoms with E-state index in [0.717, 1.165) is 31.8 Å². The third kappa shape index (κ3) is 3.30. The lowest BCUT2D eigenvalue weighted by Crippen LogP contribution is -2.29. The average molecular weight is 407 g/mol. The Bertz CT molecular complexity index is 973. The highest BCUT2D eigenvalue weighted by molar-refractivity contribution is 5.74. The van der Waals surface area contributed by atoms with Crippen LogP contribution in [0.4, 0.5) is 19.0 Å². The van der Waals surface area contributed by atoms with Crippen LogP contribution in [0.25, 0.3) is 11.3 Å². The monoisotopic (exact) mass is 407 g/mol. The van der Waals surface area contributed by atoms with E-state index in [1.165, 1.54) is 12.3 Å². The first-order valence-corrected chi connectivity index (χ1v) is 9.57. The van der Waals surface area contributed by atoms with Crippen molar-refractivity contribution in [1.82, 2.24) is 19.4 Å². The maximum atomic E-state index is 12.6. The second kappa shape index (κ2) is 6.11. The van der Waals surface area contributed by atoms with E-state index in [2.05, 4.69) is 14.3 Å². The van der Waals surface area contributed by atoms with Crippen LogP contribution in [0.15, 0.2) is 18.5 Å². The number of fused-ring (bicyclic) bond motifs is 1. The Kier molecular flexibility index (Phi) is 3.85. The molecule has 1 unspecified atom stereocenters. The number of aromatic nitrogens is 3. The summed E-state index contributed by atoms with van der Waals surface area (Å²) < 4.78 is 44.0. The fourth-order valence-corrected chi connectivity index (χ4v) is 4.40. The number of carbonyl (C=O) groups excluding carboxylic acids is 1. The number of imidazole rings is 1. The van der Waals surface area contributed by atoms with Crippen LogP contribution in [0.2, 0.25) is 0 Å². The van der Waals surface area contributed by atoms with Crippen molar-refractivity contribution in [2.75, 3.05) is 18.8 Å². The molecule has 3 fully saturated rings. The number of likely N-dealkylation sites (tertiary alicyclic amines) is 1. The van der Waals surface area contributed by atoms with Crippen molar-refractivity contribution in [2.24, 2.45) is 11.8 Å². The normalized spacial score (nSPS) is 25.8. The van der Waals surface area contributed by atoms with Gasteiger partial charge >= 0.3 is 6.36 Å². The van der Waals surface area contributed by atoms with Gasteiger partial charge in [-0.1, -0.05) is 0 Å². The molecule has 2 N–H and O–H groups in total. The zero-order valence-corrected chi connectivity index (χ0v) is 15.7. The van der Waals surface area contributed by atoms with Gasteiger partial charge in [-0.15, -0.1) is 13.2 Å². The summed E-state index contributed by atoms with van der Waals surface area (Å²) in [5.74, 6) is 1.39. The van der Waals surface area contributed by atoms with Crippen molar-refractivity contribution in [3.8, 4) is 17.0 Å². The number of carbonyl (C=O) groups is 1. The maximum absolute atomic E-state index is 12.6. The Hall–Kier alpha value is -2.78. The van der Waals surface area contributed by atoms with Gasteiger partial charge < -0.3 is 19.9 Å². The van der Waals surface area contributed by atoms with Crippen molar-refractivity contribution in [2.45, 2.75) is 38.1 Å². The molecule has 1 amide bonds. The molecule has 3 atom stereocenters. The number of nitrogens with zero attached hydrogens (tertiary/aromatic N) is 4. The van der Waals surface area contributed by atoms with Gasteiger partial charge in [0.05, 0.1) is 5.69 Å². The van der Waals surface area contributed by atoms with Crippen LogP contribution in [0, 0.1) is 11.8 Å². The average Bonchev–Trinajstić information content (AvgIpc) is 3.50. The van der Waals surface area contributed by atoms with E-state index in [9.17, 15) is 18.0 Å². The fourth-order valence-electron chi connectivity index (χ4n) is 4.40. The molecule has 7 nitrogen and oxygen atoms in total. The van der Waals surface area contributed by atoms with Gasteiger partial charge in [0.15, 0.2) is 11.6 Å². The molecular formula is C19H20F3N5O2. The molecule has 0 bridgehead atoms. The summed E-state index contributed by atoms with van der Waals surface area (Å²) in [5.41, 5.74) is 6.51. The van der Waals surface area contributed by atoms with Crippen LogP contribution >= 0.6 is 0 Å². The number of pyridine rings is 1. The van der Waals surface area contributed by atoms with Gasteiger partial charge in [-0.2, -0.15) is 0 Å². The van der Waals surface area contributed by atoms with Crippen molar-refractivity contribution in [1.29, 1.82) is 0 Å². The van der Waals surface area contributed by atoms with Gasteiger partial charge in [-0.05, 0) is 18.9 Å². The van der Waals surface area contributed by atoms with Crippen molar-refractivity contribution in [3.63, 3.8) is 0 Å². The molecule has 29 heavy (non-hydrogen) atoms. The molecule has 2 saturated carbocycles. The molecule has 2 aliphatic carbocycles. The predicted octanol–water partition coefficient (Wildman–Crippen LogP) is 2.95. The van der Waals surface area contributed by atoms with Crippen molar-refractivity contribution in [3.05, 3.63) is 24.3 Å². The fraction of sp³-hybridized carbons (Fsp3) is 0.526. The minimum absolute atomic E-state index is 0.0924. The lowest BCUT2D eigenvalue weighted by Gasteiger charge is -2.19. The lowest BCUT2D eigenvalue weighted by atomic mass is 10.2. The van der Waals surface area contributed by atoms with E-state index in [4.69, 9.17) is 10.7 Å². The molecule has 3 heterocycles. The first-order valence-electron chi connectivity index (χ1n) is 9.57. The largest absolute Gasteiger partial charge is 0.573 e. The number of nitrogen functional groups attached to an aromatic ring is 1. The van der Waals surface area contributed by atoms with E-state index in [-0.39, 0.29) is 17.8 Å². The molecule has 2 aromatic rings. The summed E-state index contributed by atoms with van der Waals surface area (Å²) in [6.07, 6.45) is 0.564. The highest BCUT2D eigenvalue weighted by Crippen LogP contribution is 2.57. The topological polar surface area (TPSA) is 86.3 Å². The number of ether oxygens (including phenoxy) is 1. The van der Waals surface area contributed by atoms with E-state index in [1.807, 2.05) is 11.1 Å². The van der Waals surface area contributed by atoms with Gasteiger partial charge in [0.25, 0.3) is 0 Å². The van der Waals surface area contributed by atoms with Crippen LogP contribution in [0.3, 0.4) is 0 Å². The minimum atomic E-state index is -4.85. The summed E-state index contributed by atoms with van der Waals surface area (Å²) >= 11 is 0. The molecular weight excluding hydrogens is 387 g/mol. The Morgan fingerprint density at radius 2 is 1.97 bits per heavy atom. The van der Waals surface area contributed by atoms with E-state index < -0.39 is 12.1 Å². The number of anilines is 1. The highest BCUT2D eigenvalue weighted by Gasteiger charge is 2.58. The number of nitrogens with two attached hydrogens (primary N) is 1. The Morgan fingerprint density at radius 3 is 2.55 bits per heavy atom. The molecule has 5 rings (SSSR count). The zero-order valence-electron chi connectivity index (χ0n) is 15.7. The third-order valence-electron chi connectivity index (χ3n) is 6.02. The summed E-state index contributed by atoms with van der Waals surface area (Å²) in [5, 5.41) is 0. The predicted molar refractivity (Wildman–Crippen MR) is 96.8 cm³/mol. The number of amides is 1. The smallest absolute Gasteiger partial charge is 0.402 e. The zero-order chi connectivity index (χ0) is 20.5. The molecule has 10 heteroatoms. The van der Waals surface area contributed by atoms with Crippen molar-refractivity contribution >= 4 is 11.7 Å². The van der Waals surface area contributed by atoms with Crippen LogP contribution < -0.4 is 10.5 Å². The second-order valence-electron chi connectivity index (χ2n) is 8.06. The van der Waals surface area contributed by atoms with Crippen LogP contribution in [-0.2, 0) is 4.79 Å². The van der Waals surface area contributed by atoms with Crippen LogP contribution in [-0.4, -0.2) is 44.8 Å². The highest BCUT2D eigenvalue weighted by atomic mass is 19.4. The van der Waals surface area contributed by atoms with Crippen LogP contribution in [0.5, 0.6) is 5.75 Å². The minimum Gasteiger partial charge on any atom is -0.402 e. The number of rotatable bonds is 4. The van der Waals surface area contributed by atoms with Crippen molar-refractivity contribution < 1.29 is 22.7 Å². The first kappa shape index (κ1) is 18.3. The lowest BCUT2D eigenvalue weighted by molar-refractivity contribution is -0.274. The Balaban J connectivity index is 1.44. The van der Waals surface area contributed by atoms with Gasteiger partial charge in [0, 0.05) is 61.8 Å². The van der Waals surface area contributed by atoms with E-state index >= 15 is 0 Å².